The number of carbonyl (C=O) groups is 5. The van der Waals surface area contributed by atoms with Gasteiger partial charge in [-0.3, -0.25) is 19.2 Å². The van der Waals surface area contributed by atoms with Crippen molar-refractivity contribution in [2.75, 3.05) is 13.7 Å². The van der Waals surface area contributed by atoms with Crippen molar-refractivity contribution in [2.24, 2.45) is 5.73 Å². The number of hydrogen-bond acceptors (Lipinski definition) is 14. The van der Waals surface area contributed by atoms with Gasteiger partial charge in [-0.15, -0.1) is 0 Å². The molecule has 0 aromatic heterocycles. The van der Waals surface area contributed by atoms with E-state index in [0.717, 1.165) is 6.92 Å². The number of phenolic OH excluding ortho intramolecular Hbond substituents is 2. The molecule has 0 spiro atoms. The summed E-state index contributed by atoms with van der Waals surface area (Å²) in [5.41, 5.74) is 1.88. The Labute approximate surface area is 250 Å². The number of esters is 1. The Kier molecular flexibility index (Phi) is 8.07. The number of phenols is 2. The maximum absolute atomic E-state index is 13.8. The fourth-order valence-electron chi connectivity index (χ4n) is 5.97. The largest absolute Gasteiger partial charge is 0.507 e. The van der Waals surface area contributed by atoms with Crippen molar-refractivity contribution in [3.05, 3.63) is 51.6 Å². The number of ether oxygens (including phenoxy) is 4. The molecule has 0 radical (unpaired) electrons. The van der Waals surface area contributed by atoms with E-state index in [9.17, 15) is 44.4 Å². The molecule has 14 nitrogen and oxygen atoms in total. The number of fused-ring (bicyclic) bond motifs is 3. The molecular formula is C30H31NO13. The fraction of sp³-hybridized carbons (Fsp3) is 0.433. The number of carbonyl (C=O) groups excluding carboxylic acids is 5. The normalized spacial score (nSPS) is 27.5. The first-order chi connectivity index (χ1) is 20.7. The monoisotopic (exact) mass is 613 g/mol. The molecule has 2 aromatic rings. The summed E-state index contributed by atoms with van der Waals surface area (Å²) in [7, 11) is 1.30. The molecule has 234 valence electrons. The van der Waals surface area contributed by atoms with Crippen LogP contribution < -0.4 is 10.5 Å². The van der Waals surface area contributed by atoms with Gasteiger partial charge in [-0.25, -0.2) is 4.79 Å². The van der Waals surface area contributed by atoms with Crippen LogP contribution in [0.3, 0.4) is 0 Å². The van der Waals surface area contributed by atoms with Gasteiger partial charge in [0.1, 0.15) is 22.8 Å². The van der Waals surface area contributed by atoms with E-state index >= 15 is 0 Å². The first-order valence-electron chi connectivity index (χ1n) is 13.7. The summed E-state index contributed by atoms with van der Waals surface area (Å²) >= 11 is 0. The van der Waals surface area contributed by atoms with E-state index in [-0.39, 0.29) is 34.4 Å². The molecule has 1 heterocycles. The third-order valence-corrected chi connectivity index (χ3v) is 8.28. The van der Waals surface area contributed by atoms with Gasteiger partial charge in [-0.05, 0) is 13.0 Å². The Hall–Kier alpha value is -4.21. The Morgan fingerprint density at radius 2 is 1.77 bits per heavy atom. The fourth-order valence-corrected chi connectivity index (χ4v) is 5.97. The highest BCUT2D eigenvalue weighted by atomic mass is 16.7. The van der Waals surface area contributed by atoms with E-state index in [1.807, 2.05) is 0 Å². The molecule has 1 aliphatic heterocycles. The molecule has 6 atom stereocenters. The number of Topliss-reactive ketones (excluding diaryl/α,β-unsaturated/α-hetero) is 2. The Bertz CT molecular complexity index is 1590. The Morgan fingerprint density at radius 3 is 2.41 bits per heavy atom. The van der Waals surface area contributed by atoms with Crippen LogP contribution in [-0.2, 0) is 35.0 Å². The molecule has 0 unspecified atom stereocenters. The minimum absolute atomic E-state index is 0.0420. The first kappa shape index (κ1) is 31.2. The van der Waals surface area contributed by atoms with Gasteiger partial charge >= 0.3 is 5.97 Å². The predicted octanol–water partition coefficient (Wildman–Crippen LogP) is 0.141. The molecule has 44 heavy (non-hydrogen) atoms. The van der Waals surface area contributed by atoms with Crippen molar-refractivity contribution in [1.82, 2.24) is 0 Å². The third kappa shape index (κ3) is 5.04. The van der Waals surface area contributed by atoms with Crippen molar-refractivity contribution in [1.29, 1.82) is 0 Å². The van der Waals surface area contributed by atoms with Gasteiger partial charge in [0.15, 0.2) is 18.7 Å². The highest BCUT2D eigenvalue weighted by molar-refractivity contribution is 6.33. The summed E-state index contributed by atoms with van der Waals surface area (Å²) in [5.74, 6) is -6.42. The van der Waals surface area contributed by atoms with Crippen molar-refractivity contribution in [3.8, 4) is 17.2 Å². The van der Waals surface area contributed by atoms with Crippen LogP contribution in [0.2, 0.25) is 0 Å². The molecular weight excluding hydrogens is 582 g/mol. The lowest BCUT2D eigenvalue weighted by Gasteiger charge is -2.42. The van der Waals surface area contributed by atoms with Crippen LogP contribution in [0.25, 0.3) is 0 Å². The molecule has 5 rings (SSSR count). The summed E-state index contributed by atoms with van der Waals surface area (Å²) in [6.07, 6.45) is -5.70. The number of hydrogen-bond donors (Lipinski definition) is 5. The summed E-state index contributed by atoms with van der Waals surface area (Å²) in [4.78, 5) is 63.6. The number of nitrogens with two attached hydrogens (primary N) is 1. The number of aliphatic hydroxyl groups excluding tert-OH is 1. The predicted molar refractivity (Wildman–Crippen MR) is 146 cm³/mol. The third-order valence-electron chi connectivity index (χ3n) is 8.28. The number of aromatic hydroxyl groups is 2. The van der Waals surface area contributed by atoms with E-state index in [1.54, 1.807) is 6.92 Å². The summed E-state index contributed by atoms with van der Waals surface area (Å²) in [5, 5.41) is 44.9. The van der Waals surface area contributed by atoms with E-state index in [1.165, 1.54) is 25.3 Å². The Morgan fingerprint density at radius 1 is 1.09 bits per heavy atom. The molecule has 1 saturated heterocycles. The highest BCUT2D eigenvalue weighted by Gasteiger charge is 2.50. The van der Waals surface area contributed by atoms with Crippen LogP contribution in [-0.4, -0.2) is 93.4 Å². The zero-order valence-electron chi connectivity index (χ0n) is 24.0. The van der Waals surface area contributed by atoms with Crippen molar-refractivity contribution in [2.45, 2.75) is 69.4 Å². The minimum Gasteiger partial charge on any atom is -0.507 e. The zero-order valence-corrected chi connectivity index (χ0v) is 24.0. The van der Waals surface area contributed by atoms with Crippen LogP contribution in [0.15, 0.2) is 18.2 Å². The molecule has 0 saturated carbocycles. The second kappa shape index (κ2) is 11.4. The Balaban J connectivity index is 1.64. The maximum Gasteiger partial charge on any atom is 0.374 e. The number of aliphatic hydroxyl groups is 2. The molecule has 2 aromatic carbocycles. The summed E-state index contributed by atoms with van der Waals surface area (Å²) in [6.45, 7) is 1.48. The van der Waals surface area contributed by atoms with Gasteiger partial charge in [-0.1, -0.05) is 12.1 Å². The smallest absolute Gasteiger partial charge is 0.374 e. The van der Waals surface area contributed by atoms with Gasteiger partial charge in [-0.2, -0.15) is 0 Å². The van der Waals surface area contributed by atoms with Crippen LogP contribution in [0.1, 0.15) is 75.8 Å². The average Bonchev–Trinajstić information content (AvgIpc) is 2.98. The molecule has 6 N–H and O–H groups in total. The quantitative estimate of drug-likeness (QED) is 0.136. The van der Waals surface area contributed by atoms with Gasteiger partial charge in [0.2, 0.25) is 17.3 Å². The SMILES string of the molecule is COc1cccc2c1C(=O)c1c(O)c3c(c(O)c1C2=O)C[C@@](O)(C(=O)COC(=O)C(C)=O)C[C@@H]3O[C@H]1C[C@H](N)[C@H](O)[C@H](C)O1. The second-order valence-electron chi connectivity index (χ2n) is 11.1. The van der Waals surface area contributed by atoms with Gasteiger partial charge in [0, 0.05) is 48.9 Å². The van der Waals surface area contributed by atoms with Crippen LogP contribution in [0.4, 0.5) is 0 Å². The topological polar surface area (TPSA) is 229 Å². The molecule has 0 amide bonds. The highest BCUT2D eigenvalue weighted by Crippen LogP contribution is 2.52. The first-order valence-corrected chi connectivity index (χ1v) is 13.7. The van der Waals surface area contributed by atoms with E-state index in [0.29, 0.717) is 0 Å². The van der Waals surface area contributed by atoms with Gasteiger partial charge in [0.05, 0.1) is 42.1 Å². The molecule has 14 heteroatoms. The van der Waals surface area contributed by atoms with E-state index in [2.05, 4.69) is 0 Å². The molecule has 3 aliphatic rings. The van der Waals surface area contributed by atoms with Crippen molar-refractivity contribution >= 4 is 29.1 Å². The van der Waals surface area contributed by atoms with Crippen LogP contribution in [0.5, 0.6) is 17.2 Å². The van der Waals surface area contributed by atoms with Gasteiger partial charge < -0.3 is 45.1 Å². The number of methoxy groups -OCH3 is 1. The zero-order chi connectivity index (χ0) is 32.2. The molecule has 0 bridgehead atoms. The number of benzene rings is 2. The maximum atomic E-state index is 13.8. The minimum atomic E-state index is -2.41. The average molecular weight is 614 g/mol. The van der Waals surface area contributed by atoms with E-state index in [4.69, 9.17) is 24.7 Å². The van der Waals surface area contributed by atoms with Crippen molar-refractivity contribution < 1.29 is 63.3 Å². The van der Waals surface area contributed by atoms with Crippen molar-refractivity contribution in [3.63, 3.8) is 0 Å². The van der Waals surface area contributed by atoms with Gasteiger partial charge in [0.25, 0.3) is 0 Å². The van der Waals surface area contributed by atoms with E-state index < -0.39 is 107 Å². The lowest BCUT2D eigenvalue weighted by Crippen LogP contribution is -2.53. The van der Waals surface area contributed by atoms with Crippen LogP contribution in [0, 0.1) is 0 Å². The lowest BCUT2D eigenvalue weighted by atomic mass is 9.72. The number of ketones is 4. The van der Waals surface area contributed by atoms with Crippen LogP contribution >= 0.6 is 0 Å². The lowest BCUT2D eigenvalue weighted by molar-refractivity contribution is -0.247. The summed E-state index contributed by atoms with van der Waals surface area (Å²) in [6, 6.07) is 3.50. The molecule has 2 aliphatic carbocycles. The second-order valence-corrected chi connectivity index (χ2v) is 11.1. The number of rotatable bonds is 7. The molecule has 1 fully saturated rings. The summed E-state index contributed by atoms with van der Waals surface area (Å²) < 4.78 is 21.8. The standard InChI is InChI=1S/C30H31NO13/c1-11(32)29(39)42-10-18(33)30(40)8-14-21(17(9-30)44-19-7-15(31)24(34)12(2)43-19)28(38)23-22(26(14)36)25(35)13-5-4-6-16(41-3)20(13)27(23)37/h4-6,12,15,17,19,24,34,36,38,40H,7-10,31H2,1-3H3/t12-,15-,17-,19-,24+,30-/m0/s1.